The van der Waals surface area contributed by atoms with Gasteiger partial charge in [-0.2, -0.15) is 5.10 Å². The molecule has 0 unspecified atom stereocenters. The largest absolute Gasteiger partial charge is 0.461 e. The molecule has 0 atom stereocenters. The number of aromatic nitrogens is 4. The number of esters is 1. The highest BCUT2D eigenvalue weighted by molar-refractivity contribution is 6.00. The number of nitrogens with zero attached hydrogens (tertiary/aromatic N) is 4. The molecule has 0 bridgehead atoms. The molecule has 0 radical (unpaired) electrons. The van der Waals surface area contributed by atoms with Gasteiger partial charge in [0.25, 0.3) is 0 Å². The molecule has 2 aromatic heterocycles. The molecule has 0 fully saturated rings. The van der Waals surface area contributed by atoms with E-state index in [4.69, 9.17) is 9.84 Å². The number of ether oxygens (including phenoxy) is 1. The number of fused-ring (bicyclic) bond motifs is 2. The van der Waals surface area contributed by atoms with E-state index in [0.717, 1.165) is 27.6 Å². The number of carbonyl (C=O) groups is 1. The van der Waals surface area contributed by atoms with E-state index < -0.39 is 5.97 Å². The Morgan fingerprint density at radius 1 is 1.11 bits per heavy atom. The van der Waals surface area contributed by atoms with Gasteiger partial charge in [-0.05, 0) is 36.1 Å². The van der Waals surface area contributed by atoms with Crippen molar-refractivity contribution in [2.24, 2.45) is 0 Å². The zero-order valence-electron chi connectivity index (χ0n) is 16.4. The SMILES string of the molecule is CCOC(=O)c1nnc2c(-c3cccc4ccccc34)c(C(C)C)nn2c1C. The van der Waals surface area contributed by atoms with Crippen LogP contribution in [-0.4, -0.2) is 32.4 Å². The van der Waals surface area contributed by atoms with Crippen molar-refractivity contribution in [3.63, 3.8) is 0 Å². The maximum absolute atomic E-state index is 12.2. The molecule has 4 rings (SSSR count). The van der Waals surface area contributed by atoms with E-state index in [1.165, 1.54) is 0 Å². The van der Waals surface area contributed by atoms with E-state index in [1.54, 1.807) is 11.4 Å². The van der Waals surface area contributed by atoms with Crippen molar-refractivity contribution in [2.75, 3.05) is 6.61 Å². The van der Waals surface area contributed by atoms with Crippen LogP contribution in [-0.2, 0) is 4.74 Å². The predicted octanol–water partition coefficient (Wildman–Crippen LogP) is 4.55. The highest BCUT2D eigenvalue weighted by Crippen LogP contribution is 2.36. The van der Waals surface area contributed by atoms with Crippen molar-refractivity contribution in [2.45, 2.75) is 33.6 Å². The Hall–Kier alpha value is -3.28. The van der Waals surface area contributed by atoms with Crippen LogP contribution >= 0.6 is 0 Å². The molecule has 0 N–H and O–H groups in total. The molecule has 4 aromatic rings. The third-order valence-electron chi connectivity index (χ3n) is 4.87. The van der Waals surface area contributed by atoms with E-state index >= 15 is 0 Å². The van der Waals surface area contributed by atoms with Gasteiger partial charge in [-0.3, -0.25) is 0 Å². The minimum absolute atomic E-state index is 0.182. The van der Waals surface area contributed by atoms with Gasteiger partial charge in [0.1, 0.15) is 0 Å². The van der Waals surface area contributed by atoms with Gasteiger partial charge >= 0.3 is 5.97 Å². The molecule has 6 heteroatoms. The third-order valence-corrected chi connectivity index (χ3v) is 4.87. The fourth-order valence-electron chi connectivity index (χ4n) is 3.52. The van der Waals surface area contributed by atoms with Crippen molar-refractivity contribution < 1.29 is 9.53 Å². The Labute approximate surface area is 163 Å². The molecule has 0 aliphatic heterocycles. The summed E-state index contributed by atoms with van der Waals surface area (Å²) < 4.78 is 6.82. The van der Waals surface area contributed by atoms with Crippen LogP contribution in [0.5, 0.6) is 0 Å². The average molecular weight is 374 g/mol. The van der Waals surface area contributed by atoms with E-state index in [2.05, 4.69) is 48.3 Å². The predicted molar refractivity (Wildman–Crippen MR) is 109 cm³/mol. The molecule has 2 aromatic carbocycles. The lowest BCUT2D eigenvalue weighted by molar-refractivity contribution is 0.0516. The van der Waals surface area contributed by atoms with Gasteiger partial charge in [0.05, 0.1) is 23.6 Å². The normalized spacial score (nSPS) is 11.5. The standard InChI is InChI=1S/C22H22N4O2/c1-5-28-22(27)20-14(4)26-21(24-23-20)18(19(25-26)13(2)3)17-12-8-10-15-9-6-7-11-16(15)17/h6-13H,5H2,1-4H3. The highest BCUT2D eigenvalue weighted by atomic mass is 16.5. The molecule has 142 valence electrons. The number of carbonyl (C=O) groups excluding carboxylic acids is 1. The van der Waals surface area contributed by atoms with Gasteiger partial charge in [-0.1, -0.05) is 56.3 Å². The summed E-state index contributed by atoms with van der Waals surface area (Å²) in [6.45, 7) is 8.08. The fourth-order valence-corrected chi connectivity index (χ4v) is 3.52. The number of rotatable bonds is 4. The van der Waals surface area contributed by atoms with Crippen LogP contribution in [0.1, 0.15) is 48.6 Å². The summed E-state index contributed by atoms with van der Waals surface area (Å²) in [6, 6.07) is 14.5. The molecule has 28 heavy (non-hydrogen) atoms. The second kappa shape index (κ2) is 7.03. The van der Waals surface area contributed by atoms with Crippen molar-refractivity contribution in [3.05, 3.63) is 59.5 Å². The molecule has 0 saturated carbocycles. The Morgan fingerprint density at radius 2 is 1.86 bits per heavy atom. The Balaban J connectivity index is 2.04. The molecule has 0 aliphatic rings. The van der Waals surface area contributed by atoms with Gasteiger partial charge in [-0.25, -0.2) is 9.31 Å². The van der Waals surface area contributed by atoms with Gasteiger partial charge in [-0.15, -0.1) is 10.2 Å². The Morgan fingerprint density at radius 3 is 2.61 bits per heavy atom. The van der Waals surface area contributed by atoms with Crippen LogP contribution in [0.2, 0.25) is 0 Å². The first kappa shape index (κ1) is 18.1. The van der Waals surface area contributed by atoms with Crippen molar-refractivity contribution >= 4 is 22.4 Å². The molecule has 2 heterocycles. The Kier molecular flexibility index (Phi) is 4.55. The molecule has 0 saturated heterocycles. The summed E-state index contributed by atoms with van der Waals surface area (Å²) in [5.41, 5.74) is 4.40. The first-order valence-corrected chi connectivity index (χ1v) is 9.44. The van der Waals surface area contributed by atoms with E-state index in [-0.39, 0.29) is 18.2 Å². The van der Waals surface area contributed by atoms with Crippen LogP contribution in [0.25, 0.3) is 27.5 Å². The smallest absolute Gasteiger partial charge is 0.360 e. The molecule has 0 amide bonds. The number of hydrogen-bond donors (Lipinski definition) is 0. The quantitative estimate of drug-likeness (QED) is 0.490. The van der Waals surface area contributed by atoms with Crippen molar-refractivity contribution in [3.8, 4) is 11.1 Å². The second-order valence-electron chi connectivity index (χ2n) is 7.03. The topological polar surface area (TPSA) is 69.4 Å². The number of benzene rings is 2. The van der Waals surface area contributed by atoms with Gasteiger partial charge in [0.2, 0.25) is 0 Å². The minimum Gasteiger partial charge on any atom is -0.461 e. The van der Waals surface area contributed by atoms with E-state index in [1.807, 2.05) is 25.1 Å². The summed E-state index contributed by atoms with van der Waals surface area (Å²) in [5, 5.41) is 15.7. The van der Waals surface area contributed by atoms with Crippen LogP contribution in [0.4, 0.5) is 0 Å². The lowest BCUT2D eigenvalue weighted by Crippen LogP contribution is -2.14. The summed E-state index contributed by atoms with van der Waals surface area (Å²) in [5.74, 6) is -0.302. The Bertz CT molecular complexity index is 1190. The summed E-state index contributed by atoms with van der Waals surface area (Å²) in [6.07, 6.45) is 0. The van der Waals surface area contributed by atoms with Crippen LogP contribution in [0.3, 0.4) is 0 Å². The first-order chi connectivity index (χ1) is 13.5. The minimum atomic E-state index is -0.484. The monoisotopic (exact) mass is 374 g/mol. The fraction of sp³-hybridized carbons (Fsp3) is 0.273. The van der Waals surface area contributed by atoms with Gasteiger partial charge in [0.15, 0.2) is 11.3 Å². The molecular formula is C22H22N4O2. The third kappa shape index (κ3) is 2.81. The van der Waals surface area contributed by atoms with Crippen LogP contribution < -0.4 is 0 Å². The van der Waals surface area contributed by atoms with E-state index in [0.29, 0.717) is 11.3 Å². The first-order valence-electron chi connectivity index (χ1n) is 9.44. The van der Waals surface area contributed by atoms with Gasteiger partial charge < -0.3 is 4.74 Å². The van der Waals surface area contributed by atoms with Crippen LogP contribution in [0, 0.1) is 6.92 Å². The lowest BCUT2D eigenvalue weighted by Gasteiger charge is -2.09. The number of aryl methyl sites for hydroxylation is 1. The molecular weight excluding hydrogens is 352 g/mol. The summed E-state index contributed by atoms with van der Waals surface area (Å²) >= 11 is 0. The maximum atomic E-state index is 12.2. The summed E-state index contributed by atoms with van der Waals surface area (Å²) in [7, 11) is 0. The maximum Gasteiger partial charge on any atom is 0.360 e. The lowest BCUT2D eigenvalue weighted by atomic mass is 9.95. The number of hydrogen-bond acceptors (Lipinski definition) is 5. The van der Waals surface area contributed by atoms with Crippen LogP contribution in [0.15, 0.2) is 42.5 Å². The molecule has 6 nitrogen and oxygen atoms in total. The zero-order valence-corrected chi connectivity index (χ0v) is 16.4. The van der Waals surface area contributed by atoms with Gasteiger partial charge in [0, 0.05) is 0 Å². The second-order valence-corrected chi connectivity index (χ2v) is 7.03. The van der Waals surface area contributed by atoms with Crippen molar-refractivity contribution in [1.82, 2.24) is 19.8 Å². The average Bonchev–Trinajstić information content (AvgIpc) is 3.08. The summed E-state index contributed by atoms with van der Waals surface area (Å²) in [4.78, 5) is 12.2. The molecule has 0 spiro atoms. The molecule has 0 aliphatic carbocycles. The van der Waals surface area contributed by atoms with Crippen molar-refractivity contribution in [1.29, 1.82) is 0 Å². The zero-order chi connectivity index (χ0) is 19.8. The highest BCUT2D eigenvalue weighted by Gasteiger charge is 2.24. The van der Waals surface area contributed by atoms with E-state index in [9.17, 15) is 4.79 Å².